The predicted molar refractivity (Wildman–Crippen MR) is 86.6 cm³/mol. The summed E-state index contributed by atoms with van der Waals surface area (Å²) in [4.78, 5) is 12.3. The molecule has 5 nitrogen and oxygen atoms in total. The first-order valence-corrected chi connectivity index (χ1v) is 7.88. The summed E-state index contributed by atoms with van der Waals surface area (Å²) in [7, 11) is 1.62. The average Bonchev–Trinajstić information content (AvgIpc) is 3.17. The number of hydrogen-bond donors (Lipinski definition) is 3. The largest absolute Gasteiger partial charge is 0.497 e. The van der Waals surface area contributed by atoms with Gasteiger partial charge in [0.15, 0.2) is 0 Å². The van der Waals surface area contributed by atoms with Crippen molar-refractivity contribution in [2.75, 3.05) is 7.11 Å². The van der Waals surface area contributed by atoms with Gasteiger partial charge in [-0.2, -0.15) is 0 Å². The number of hydrogen-bond acceptors (Lipinski definition) is 4. The molecule has 4 atom stereocenters. The molecule has 2 aromatic carbocycles. The molecule has 2 fully saturated rings. The molecule has 0 bridgehead atoms. The Labute approximate surface area is 139 Å². The lowest BCUT2D eigenvalue weighted by atomic mass is 9.83. The number of methoxy groups -OCH3 is 1. The van der Waals surface area contributed by atoms with Crippen LogP contribution in [0.5, 0.6) is 5.75 Å². The quantitative estimate of drug-likeness (QED) is 0.805. The first-order chi connectivity index (χ1) is 11.7. The summed E-state index contributed by atoms with van der Waals surface area (Å²) in [6.07, 6.45) is 0. The van der Waals surface area contributed by atoms with Gasteiger partial charge in [0.2, 0.25) is 5.91 Å². The van der Waals surface area contributed by atoms with Crippen molar-refractivity contribution < 1.29 is 13.9 Å². The van der Waals surface area contributed by atoms with E-state index in [9.17, 15) is 9.18 Å². The summed E-state index contributed by atoms with van der Waals surface area (Å²) in [5.74, 6) is 0.360. The van der Waals surface area contributed by atoms with Crippen molar-refractivity contribution in [3.63, 3.8) is 0 Å². The van der Waals surface area contributed by atoms with E-state index in [2.05, 4.69) is 16.2 Å². The second-order valence-electron chi connectivity index (χ2n) is 6.14. The molecule has 2 heterocycles. The molecule has 0 spiro atoms. The van der Waals surface area contributed by atoms with Crippen LogP contribution in [0.3, 0.4) is 0 Å². The molecule has 3 N–H and O–H groups in total. The van der Waals surface area contributed by atoms with Crippen molar-refractivity contribution >= 4 is 5.91 Å². The van der Waals surface area contributed by atoms with Gasteiger partial charge in [-0.15, -0.1) is 0 Å². The number of amides is 1. The zero-order chi connectivity index (χ0) is 16.7. The van der Waals surface area contributed by atoms with E-state index in [0.29, 0.717) is 0 Å². The van der Waals surface area contributed by atoms with Crippen LogP contribution in [-0.2, 0) is 4.79 Å². The molecule has 24 heavy (non-hydrogen) atoms. The molecule has 0 saturated carbocycles. The number of carbonyl (C=O) groups is 1. The Kier molecular flexibility index (Phi) is 3.70. The van der Waals surface area contributed by atoms with Crippen molar-refractivity contribution in [1.82, 2.24) is 16.2 Å². The number of carbonyl (C=O) groups excluding carboxylic acids is 1. The van der Waals surface area contributed by atoms with Crippen LogP contribution in [0.1, 0.15) is 23.2 Å². The fourth-order valence-corrected chi connectivity index (χ4v) is 3.65. The Morgan fingerprint density at radius 2 is 1.71 bits per heavy atom. The van der Waals surface area contributed by atoms with Gasteiger partial charge in [0.05, 0.1) is 19.2 Å². The zero-order valence-corrected chi connectivity index (χ0v) is 13.1. The standard InChI is InChI=1S/C18H18FN3O2/c1-24-13-7-5-10(6-8-13)16-14-15(11-3-2-4-12(19)9-11)20-18(23)17(14)22-21-16/h2-9,14-17,21-22H,1H3,(H,20,23). The lowest BCUT2D eigenvalue weighted by Crippen LogP contribution is -2.39. The van der Waals surface area contributed by atoms with Crippen LogP contribution in [0.15, 0.2) is 48.5 Å². The Morgan fingerprint density at radius 3 is 2.42 bits per heavy atom. The highest BCUT2D eigenvalue weighted by Crippen LogP contribution is 2.42. The molecule has 0 aromatic heterocycles. The average molecular weight is 327 g/mol. The predicted octanol–water partition coefficient (Wildman–Crippen LogP) is 1.84. The Hall–Kier alpha value is -2.44. The fraction of sp³-hybridized carbons (Fsp3) is 0.278. The Morgan fingerprint density at radius 1 is 0.958 bits per heavy atom. The van der Waals surface area contributed by atoms with Gasteiger partial charge in [-0.3, -0.25) is 4.79 Å². The second kappa shape index (κ2) is 5.89. The Bertz CT molecular complexity index is 765. The first kappa shape index (κ1) is 15.1. The Balaban J connectivity index is 1.68. The van der Waals surface area contributed by atoms with Crippen molar-refractivity contribution in [3.05, 3.63) is 65.5 Å². The van der Waals surface area contributed by atoms with Gasteiger partial charge < -0.3 is 10.1 Å². The zero-order valence-electron chi connectivity index (χ0n) is 13.1. The molecular formula is C18H18FN3O2. The number of ether oxygens (including phenoxy) is 1. The maximum absolute atomic E-state index is 13.6. The topological polar surface area (TPSA) is 62.4 Å². The SMILES string of the molecule is COc1ccc(C2NNC3C(=O)NC(c4cccc(F)c4)C32)cc1. The van der Waals surface area contributed by atoms with Crippen LogP contribution in [0.2, 0.25) is 0 Å². The van der Waals surface area contributed by atoms with E-state index in [0.717, 1.165) is 16.9 Å². The third-order valence-corrected chi connectivity index (χ3v) is 4.81. The normalized spacial score (nSPS) is 28.5. The third-order valence-electron chi connectivity index (χ3n) is 4.81. The highest BCUT2D eigenvalue weighted by Gasteiger charge is 2.51. The molecule has 2 aliphatic rings. The molecule has 4 unspecified atom stereocenters. The molecule has 2 aliphatic heterocycles. The van der Waals surface area contributed by atoms with Gasteiger partial charge in [-0.05, 0) is 35.4 Å². The summed E-state index contributed by atoms with van der Waals surface area (Å²) in [6.45, 7) is 0. The van der Waals surface area contributed by atoms with Gasteiger partial charge in [0.1, 0.15) is 17.6 Å². The summed E-state index contributed by atoms with van der Waals surface area (Å²) in [5.41, 5.74) is 8.11. The van der Waals surface area contributed by atoms with E-state index in [-0.39, 0.29) is 35.8 Å². The maximum Gasteiger partial charge on any atom is 0.239 e. The van der Waals surface area contributed by atoms with E-state index in [4.69, 9.17) is 4.74 Å². The molecule has 2 aromatic rings. The van der Waals surface area contributed by atoms with Crippen LogP contribution in [0.25, 0.3) is 0 Å². The number of halogens is 1. The van der Waals surface area contributed by atoms with Gasteiger partial charge in [0, 0.05) is 5.92 Å². The highest BCUT2D eigenvalue weighted by molar-refractivity contribution is 5.86. The minimum atomic E-state index is -0.342. The van der Waals surface area contributed by atoms with Crippen molar-refractivity contribution in [2.24, 2.45) is 5.92 Å². The molecule has 0 radical (unpaired) electrons. The smallest absolute Gasteiger partial charge is 0.239 e. The third kappa shape index (κ3) is 2.44. The molecule has 2 saturated heterocycles. The van der Waals surface area contributed by atoms with Gasteiger partial charge in [0.25, 0.3) is 0 Å². The first-order valence-electron chi connectivity index (χ1n) is 7.88. The number of fused-ring (bicyclic) bond motifs is 1. The van der Waals surface area contributed by atoms with E-state index >= 15 is 0 Å². The van der Waals surface area contributed by atoms with Gasteiger partial charge >= 0.3 is 0 Å². The number of nitrogens with one attached hydrogen (secondary N) is 3. The summed E-state index contributed by atoms with van der Waals surface area (Å²) in [6, 6.07) is 13.5. The molecule has 0 aliphatic carbocycles. The van der Waals surface area contributed by atoms with Crippen molar-refractivity contribution in [3.8, 4) is 5.75 Å². The van der Waals surface area contributed by atoms with Gasteiger partial charge in [-0.1, -0.05) is 24.3 Å². The minimum Gasteiger partial charge on any atom is -0.497 e. The lowest BCUT2D eigenvalue weighted by molar-refractivity contribution is -0.121. The molecule has 1 amide bonds. The number of rotatable bonds is 3. The molecule has 4 rings (SSSR count). The summed E-state index contributed by atoms with van der Waals surface area (Å²) < 4.78 is 18.8. The summed E-state index contributed by atoms with van der Waals surface area (Å²) in [5, 5.41) is 2.99. The monoisotopic (exact) mass is 327 g/mol. The number of benzene rings is 2. The van der Waals surface area contributed by atoms with E-state index in [1.54, 1.807) is 13.2 Å². The lowest BCUT2D eigenvalue weighted by Gasteiger charge is -2.24. The van der Waals surface area contributed by atoms with Crippen LogP contribution in [0, 0.1) is 11.7 Å². The van der Waals surface area contributed by atoms with Crippen LogP contribution in [0.4, 0.5) is 4.39 Å². The molecule has 124 valence electrons. The van der Waals surface area contributed by atoms with Crippen LogP contribution < -0.4 is 20.9 Å². The fourth-order valence-electron chi connectivity index (χ4n) is 3.65. The maximum atomic E-state index is 13.6. The highest BCUT2D eigenvalue weighted by atomic mass is 19.1. The molecular weight excluding hydrogens is 309 g/mol. The van der Waals surface area contributed by atoms with Gasteiger partial charge in [-0.25, -0.2) is 15.2 Å². The van der Waals surface area contributed by atoms with Crippen LogP contribution >= 0.6 is 0 Å². The molecule has 6 heteroatoms. The minimum absolute atomic E-state index is 0.0484. The van der Waals surface area contributed by atoms with E-state index in [1.165, 1.54) is 12.1 Å². The van der Waals surface area contributed by atoms with E-state index in [1.807, 2.05) is 30.3 Å². The summed E-state index contributed by atoms with van der Waals surface area (Å²) >= 11 is 0. The van der Waals surface area contributed by atoms with Crippen molar-refractivity contribution in [2.45, 2.75) is 18.1 Å². The van der Waals surface area contributed by atoms with Crippen molar-refractivity contribution in [1.29, 1.82) is 0 Å². The number of hydrazine groups is 1. The van der Waals surface area contributed by atoms with Crippen LogP contribution in [-0.4, -0.2) is 19.1 Å². The second-order valence-corrected chi connectivity index (χ2v) is 6.14. The van der Waals surface area contributed by atoms with E-state index < -0.39 is 0 Å².